The molecule has 1 rings (SSSR count). The fourth-order valence-corrected chi connectivity index (χ4v) is 2.13. The first-order valence-electron chi connectivity index (χ1n) is 5.35. The number of rotatable bonds is 4. The van der Waals surface area contributed by atoms with Crippen molar-refractivity contribution in [3.8, 4) is 0 Å². The molecule has 1 heteroatoms. The molecule has 1 aliphatic heterocycles. The van der Waals surface area contributed by atoms with Crippen LogP contribution in [-0.4, -0.2) is 24.5 Å². The lowest BCUT2D eigenvalue weighted by molar-refractivity contribution is 0.0917. The van der Waals surface area contributed by atoms with Crippen molar-refractivity contribution in [3.63, 3.8) is 0 Å². The average Bonchev–Trinajstić information content (AvgIpc) is 2.02. The van der Waals surface area contributed by atoms with E-state index >= 15 is 0 Å². The molecule has 12 heavy (non-hydrogen) atoms. The van der Waals surface area contributed by atoms with Gasteiger partial charge in [-0.1, -0.05) is 27.2 Å². The summed E-state index contributed by atoms with van der Waals surface area (Å²) >= 11 is 0. The van der Waals surface area contributed by atoms with Gasteiger partial charge in [-0.2, -0.15) is 0 Å². The lowest BCUT2D eigenvalue weighted by Gasteiger charge is -2.40. The zero-order chi connectivity index (χ0) is 9.14. The van der Waals surface area contributed by atoms with Crippen LogP contribution in [-0.2, 0) is 0 Å². The van der Waals surface area contributed by atoms with E-state index < -0.39 is 0 Å². The van der Waals surface area contributed by atoms with E-state index in [-0.39, 0.29) is 0 Å². The number of likely N-dealkylation sites (tertiary alicyclic amines) is 1. The van der Waals surface area contributed by atoms with Gasteiger partial charge in [0, 0.05) is 6.04 Å². The van der Waals surface area contributed by atoms with Crippen LogP contribution in [0.25, 0.3) is 0 Å². The zero-order valence-electron chi connectivity index (χ0n) is 9.01. The first kappa shape index (κ1) is 10.0. The van der Waals surface area contributed by atoms with E-state index in [1.54, 1.807) is 0 Å². The van der Waals surface area contributed by atoms with Gasteiger partial charge < -0.3 is 4.90 Å². The van der Waals surface area contributed by atoms with E-state index in [4.69, 9.17) is 0 Å². The van der Waals surface area contributed by atoms with Crippen molar-refractivity contribution in [1.82, 2.24) is 4.90 Å². The van der Waals surface area contributed by atoms with Crippen LogP contribution in [0.2, 0.25) is 0 Å². The third-order valence-corrected chi connectivity index (χ3v) is 3.48. The van der Waals surface area contributed by atoms with Crippen LogP contribution in [0.1, 0.15) is 40.0 Å². The molecule has 0 radical (unpaired) electrons. The molecule has 1 heterocycles. The predicted octanol–water partition coefficient (Wildman–Crippen LogP) is 2.76. The SMILES string of the molecule is CCC(CC1CCN1C)C(C)C. The largest absolute Gasteiger partial charge is 0.303 e. The van der Waals surface area contributed by atoms with Gasteiger partial charge in [0.05, 0.1) is 0 Å². The first-order chi connectivity index (χ1) is 5.65. The zero-order valence-corrected chi connectivity index (χ0v) is 9.01. The van der Waals surface area contributed by atoms with Crippen LogP contribution in [0.3, 0.4) is 0 Å². The molecule has 1 aliphatic rings. The maximum Gasteiger partial charge on any atom is 0.0107 e. The molecule has 0 aromatic heterocycles. The van der Waals surface area contributed by atoms with Crippen LogP contribution in [0.5, 0.6) is 0 Å². The van der Waals surface area contributed by atoms with Gasteiger partial charge in [-0.25, -0.2) is 0 Å². The molecular formula is C11H23N. The maximum absolute atomic E-state index is 2.49. The minimum atomic E-state index is 0.865. The van der Waals surface area contributed by atoms with Gasteiger partial charge in [0.2, 0.25) is 0 Å². The second-order valence-corrected chi connectivity index (χ2v) is 4.57. The molecule has 2 atom stereocenters. The fourth-order valence-electron chi connectivity index (χ4n) is 2.13. The van der Waals surface area contributed by atoms with Gasteiger partial charge in [-0.3, -0.25) is 0 Å². The van der Waals surface area contributed by atoms with Gasteiger partial charge in [0.25, 0.3) is 0 Å². The topological polar surface area (TPSA) is 3.24 Å². The fraction of sp³-hybridized carbons (Fsp3) is 1.00. The highest BCUT2D eigenvalue weighted by atomic mass is 15.2. The molecule has 0 saturated carbocycles. The van der Waals surface area contributed by atoms with Crippen molar-refractivity contribution in [3.05, 3.63) is 0 Å². The van der Waals surface area contributed by atoms with E-state index in [1.807, 2.05) is 0 Å². The molecule has 0 bridgehead atoms. The second kappa shape index (κ2) is 4.27. The lowest BCUT2D eigenvalue weighted by Crippen LogP contribution is -2.45. The van der Waals surface area contributed by atoms with Crippen molar-refractivity contribution >= 4 is 0 Å². The van der Waals surface area contributed by atoms with Gasteiger partial charge in [-0.05, 0) is 38.3 Å². The standard InChI is InChI=1S/C11H23N/c1-5-10(9(2)3)8-11-6-7-12(11)4/h9-11H,5-8H2,1-4H3. The summed E-state index contributed by atoms with van der Waals surface area (Å²) in [6.45, 7) is 8.35. The lowest BCUT2D eigenvalue weighted by atomic mass is 9.84. The van der Waals surface area contributed by atoms with Gasteiger partial charge >= 0.3 is 0 Å². The minimum Gasteiger partial charge on any atom is -0.303 e. The monoisotopic (exact) mass is 169 g/mol. The quantitative estimate of drug-likeness (QED) is 0.625. The molecule has 0 aliphatic carbocycles. The van der Waals surface area contributed by atoms with Gasteiger partial charge in [0.1, 0.15) is 0 Å². The summed E-state index contributed by atoms with van der Waals surface area (Å²) in [5.41, 5.74) is 0. The number of nitrogens with zero attached hydrogens (tertiary/aromatic N) is 1. The van der Waals surface area contributed by atoms with E-state index in [0.29, 0.717) is 0 Å². The highest BCUT2D eigenvalue weighted by Gasteiger charge is 2.27. The Kier molecular flexibility index (Phi) is 3.57. The molecule has 2 unspecified atom stereocenters. The predicted molar refractivity (Wildman–Crippen MR) is 54.3 cm³/mol. The van der Waals surface area contributed by atoms with Gasteiger partial charge in [-0.15, -0.1) is 0 Å². The summed E-state index contributed by atoms with van der Waals surface area (Å²) < 4.78 is 0. The Labute approximate surface area is 77.1 Å². The first-order valence-corrected chi connectivity index (χ1v) is 5.35. The Morgan fingerprint density at radius 1 is 1.42 bits per heavy atom. The van der Waals surface area contributed by atoms with Crippen molar-refractivity contribution in [2.24, 2.45) is 11.8 Å². The van der Waals surface area contributed by atoms with E-state index in [2.05, 4.69) is 32.7 Å². The molecule has 0 amide bonds. The third-order valence-electron chi connectivity index (χ3n) is 3.48. The Hall–Kier alpha value is -0.0400. The highest BCUT2D eigenvalue weighted by Crippen LogP contribution is 2.27. The van der Waals surface area contributed by atoms with Crippen LogP contribution in [0, 0.1) is 11.8 Å². The minimum absolute atomic E-state index is 0.865. The van der Waals surface area contributed by atoms with Crippen molar-refractivity contribution in [1.29, 1.82) is 0 Å². The van der Waals surface area contributed by atoms with Crippen molar-refractivity contribution in [2.45, 2.75) is 46.1 Å². The molecule has 0 aromatic carbocycles. The van der Waals surface area contributed by atoms with E-state index in [9.17, 15) is 0 Å². The second-order valence-electron chi connectivity index (χ2n) is 4.57. The molecule has 0 N–H and O–H groups in total. The Morgan fingerprint density at radius 2 is 2.08 bits per heavy atom. The van der Waals surface area contributed by atoms with Gasteiger partial charge in [0.15, 0.2) is 0 Å². The molecule has 1 fully saturated rings. The third kappa shape index (κ3) is 2.22. The Balaban J connectivity index is 2.27. The highest BCUT2D eigenvalue weighted by molar-refractivity contribution is 4.82. The summed E-state index contributed by atoms with van der Waals surface area (Å²) in [5, 5.41) is 0. The van der Waals surface area contributed by atoms with Crippen molar-refractivity contribution in [2.75, 3.05) is 13.6 Å². The van der Waals surface area contributed by atoms with E-state index in [0.717, 1.165) is 17.9 Å². The summed E-state index contributed by atoms with van der Waals surface area (Å²) in [6, 6.07) is 0.900. The Morgan fingerprint density at radius 3 is 2.33 bits per heavy atom. The summed E-state index contributed by atoms with van der Waals surface area (Å²) in [4.78, 5) is 2.49. The average molecular weight is 169 g/mol. The number of hydrogen-bond donors (Lipinski definition) is 0. The summed E-state index contributed by atoms with van der Waals surface area (Å²) in [5.74, 6) is 1.81. The van der Waals surface area contributed by atoms with E-state index in [1.165, 1.54) is 25.8 Å². The van der Waals surface area contributed by atoms with Crippen LogP contribution in [0.4, 0.5) is 0 Å². The molecular weight excluding hydrogens is 146 g/mol. The van der Waals surface area contributed by atoms with Crippen LogP contribution >= 0.6 is 0 Å². The maximum atomic E-state index is 2.49. The van der Waals surface area contributed by atoms with Crippen molar-refractivity contribution < 1.29 is 0 Å². The summed E-state index contributed by atoms with van der Waals surface area (Å²) in [6.07, 6.45) is 4.20. The smallest absolute Gasteiger partial charge is 0.0107 e. The molecule has 0 spiro atoms. The molecule has 1 saturated heterocycles. The summed E-state index contributed by atoms with van der Waals surface area (Å²) in [7, 11) is 2.25. The molecule has 0 aromatic rings. The number of hydrogen-bond acceptors (Lipinski definition) is 1. The molecule has 1 nitrogen and oxygen atoms in total. The van der Waals surface area contributed by atoms with Crippen LogP contribution < -0.4 is 0 Å². The Bertz CT molecular complexity index is 131. The van der Waals surface area contributed by atoms with Crippen LogP contribution in [0.15, 0.2) is 0 Å². The normalized spacial score (nSPS) is 27.2. The molecule has 72 valence electrons.